The van der Waals surface area contributed by atoms with Gasteiger partial charge in [-0.05, 0) is 17.2 Å². The average Bonchev–Trinajstić information content (AvgIpc) is 3.05. The van der Waals surface area contributed by atoms with Crippen LogP contribution in [0.2, 0.25) is 0 Å². The van der Waals surface area contributed by atoms with Crippen LogP contribution < -0.4 is 10.5 Å². The first kappa shape index (κ1) is 11.4. The van der Waals surface area contributed by atoms with Crippen LogP contribution in [0.15, 0.2) is 48.8 Å². The molecule has 3 aromatic rings. The lowest BCUT2D eigenvalue weighted by Gasteiger charge is -2.17. The molecule has 1 aliphatic rings. The molecule has 2 atom stereocenters. The minimum atomic E-state index is -0.105. The Morgan fingerprint density at radius 3 is 3.00 bits per heavy atom. The Labute approximate surface area is 116 Å². The molecule has 5 heteroatoms. The molecule has 0 saturated heterocycles. The zero-order valence-corrected chi connectivity index (χ0v) is 10.8. The Hall–Kier alpha value is -2.40. The van der Waals surface area contributed by atoms with E-state index in [1.54, 1.807) is 16.9 Å². The number of benzene rings is 1. The van der Waals surface area contributed by atoms with E-state index in [1.165, 1.54) is 11.1 Å². The molecule has 0 unspecified atom stereocenters. The fourth-order valence-corrected chi connectivity index (χ4v) is 2.72. The molecule has 2 heterocycles. The molecular formula is C15H14N4O. The number of aromatic nitrogens is 3. The molecular weight excluding hydrogens is 252 g/mol. The van der Waals surface area contributed by atoms with Crippen molar-refractivity contribution < 1.29 is 4.74 Å². The van der Waals surface area contributed by atoms with Crippen molar-refractivity contribution in [1.29, 1.82) is 0 Å². The molecule has 4 rings (SSSR count). The SMILES string of the molecule is N[C@@H]1c2ccccc2C[C@@H]1Oc1ccc2nccn2n1. The van der Waals surface area contributed by atoms with E-state index < -0.39 is 0 Å². The molecule has 0 fully saturated rings. The predicted octanol–water partition coefficient (Wildman–Crippen LogP) is 1.73. The van der Waals surface area contributed by atoms with Crippen LogP contribution in [0.4, 0.5) is 0 Å². The van der Waals surface area contributed by atoms with Crippen molar-refractivity contribution in [3.05, 3.63) is 59.9 Å². The minimum Gasteiger partial charge on any atom is -0.471 e. The van der Waals surface area contributed by atoms with Crippen LogP contribution in [0.25, 0.3) is 5.65 Å². The molecule has 1 aliphatic carbocycles. The Bertz CT molecular complexity index is 767. The smallest absolute Gasteiger partial charge is 0.232 e. The highest BCUT2D eigenvalue weighted by Crippen LogP contribution is 2.31. The van der Waals surface area contributed by atoms with Crippen molar-refractivity contribution in [2.75, 3.05) is 0 Å². The molecule has 100 valence electrons. The number of hydrogen-bond acceptors (Lipinski definition) is 4. The number of rotatable bonds is 2. The van der Waals surface area contributed by atoms with Gasteiger partial charge in [0.05, 0.1) is 6.04 Å². The molecule has 0 aliphatic heterocycles. The van der Waals surface area contributed by atoms with Crippen LogP contribution in [0.5, 0.6) is 5.88 Å². The van der Waals surface area contributed by atoms with Crippen LogP contribution >= 0.6 is 0 Å². The van der Waals surface area contributed by atoms with E-state index in [-0.39, 0.29) is 12.1 Å². The van der Waals surface area contributed by atoms with Gasteiger partial charge in [0.1, 0.15) is 6.10 Å². The zero-order chi connectivity index (χ0) is 13.5. The first-order valence-electron chi connectivity index (χ1n) is 6.62. The van der Waals surface area contributed by atoms with Gasteiger partial charge in [-0.2, -0.15) is 0 Å². The number of nitrogens with zero attached hydrogens (tertiary/aromatic N) is 3. The van der Waals surface area contributed by atoms with Crippen molar-refractivity contribution in [2.45, 2.75) is 18.6 Å². The van der Waals surface area contributed by atoms with Crippen LogP contribution in [-0.4, -0.2) is 20.7 Å². The van der Waals surface area contributed by atoms with E-state index in [0.29, 0.717) is 5.88 Å². The van der Waals surface area contributed by atoms with Gasteiger partial charge in [0.15, 0.2) is 5.65 Å². The maximum absolute atomic E-state index is 6.26. The van der Waals surface area contributed by atoms with Crippen LogP contribution in [-0.2, 0) is 6.42 Å². The molecule has 2 N–H and O–H groups in total. The lowest BCUT2D eigenvalue weighted by molar-refractivity contribution is 0.175. The first-order chi connectivity index (χ1) is 9.81. The average molecular weight is 266 g/mol. The summed E-state index contributed by atoms with van der Waals surface area (Å²) in [5.74, 6) is 0.573. The van der Waals surface area contributed by atoms with E-state index in [1.807, 2.05) is 24.3 Å². The molecule has 1 aromatic carbocycles. The van der Waals surface area contributed by atoms with Crippen molar-refractivity contribution in [3.8, 4) is 5.88 Å². The van der Waals surface area contributed by atoms with E-state index in [9.17, 15) is 0 Å². The van der Waals surface area contributed by atoms with Crippen molar-refractivity contribution in [3.63, 3.8) is 0 Å². The first-order valence-corrected chi connectivity index (χ1v) is 6.62. The number of fused-ring (bicyclic) bond motifs is 2. The minimum absolute atomic E-state index is 0.0686. The lowest BCUT2D eigenvalue weighted by atomic mass is 10.1. The van der Waals surface area contributed by atoms with Crippen LogP contribution in [0.1, 0.15) is 17.2 Å². The van der Waals surface area contributed by atoms with Gasteiger partial charge in [-0.15, -0.1) is 5.10 Å². The second kappa shape index (κ2) is 4.31. The van der Waals surface area contributed by atoms with Gasteiger partial charge in [0.2, 0.25) is 5.88 Å². The molecule has 0 amide bonds. The van der Waals surface area contributed by atoms with Gasteiger partial charge in [-0.25, -0.2) is 9.50 Å². The van der Waals surface area contributed by atoms with Crippen molar-refractivity contribution in [2.24, 2.45) is 5.73 Å². The number of hydrogen-bond donors (Lipinski definition) is 1. The highest BCUT2D eigenvalue weighted by Gasteiger charge is 2.31. The molecule has 2 aromatic heterocycles. The van der Waals surface area contributed by atoms with Crippen molar-refractivity contribution >= 4 is 5.65 Å². The summed E-state index contributed by atoms with van der Waals surface area (Å²) in [6.07, 6.45) is 4.26. The summed E-state index contributed by atoms with van der Waals surface area (Å²) in [6, 6.07) is 11.8. The highest BCUT2D eigenvalue weighted by atomic mass is 16.5. The lowest BCUT2D eigenvalue weighted by Crippen LogP contribution is -2.28. The maximum Gasteiger partial charge on any atom is 0.232 e. The third kappa shape index (κ3) is 1.75. The summed E-state index contributed by atoms with van der Waals surface area (Å²) >= 11 is 0. The molecule has 20 heavy (non-hydrogen) atoms. The van der Waals surface area contributed by atoms with Gasteiger partial charge in [-0.1, -0.05) is 24.3 Å². The monoisotopic (exact) mass is 266 g/mol. The van der Waals surface area contributed by atoms with Gasteiger partial charge in [0, 0.05) is 24.9 Å². The van der Waals surface area contributed by atoms with Gasteiger partial charge in [0.25, 0.3) is 0 Å². The fourth-order valence-electron chi connectivity index (χ4n) is 2.72. The highest BCUT2D eigenvalue weighted by molar-refractivity contribution is 5.39. The van der Waals surface area contributed by atoms with E-state index >= 15 is 0 Å². The molecule has 0 radical (unpaired) electrons. The van der Waals surface area contributed by atoms with E-state index in [0.717, 1.165) is 12.1 Å². The normalized spacial score (nSPS) is 21.1. The maximum atomic E-state index is 6.26. The summed E-state index contributed by atoms with van der Waals surface area (Å²) < 4.78 is 7.66. The molecule has 0 spiro atoms. The van der Waals surface area contributed by atoms with Crippen molar-refractivity contribution in [1.82, 2.24) is 14.6 Å². The van der Waals surface area contributed by atoms with Gasteiger partial charge in [-0.3, -0.25) is 0 Å². The number of nitrogens with two attached hydrogens (primary N) is 1. The Balaban J connectivity index is 1.61. The Morgan fingerprint density at radius 1 is 1.20 bits per heavy atom. The predicted molar refractivity (Wildman–Crippen MR) is 74.5 cm³/mol. The summed E-state index contributed by atoms with van der Waals surface area (Å²) in [6.45, 7) is 0. The molecule has 0 saturated carbocycles. The van der Waals surface area contributed by atoms with Gasteiger partial charge < -0.3 is 10.5 Å². The van der Waals surface area contributed by atoms with Crippen LogP contribution in [0.3, 0.4) is 0 Å². The molecule has 0 bridgehead atoms. The second-order valence-corrected chi connectivity index (χ2v) is 4.99. The van der Waals surface area contributed by atoms with Crippen LogP contribution in [0, 0.1) is 0 Å². The standard InChI is InChI=1S/C15H14N4O/c16-15-11-4-2-1-3-10(11)9-12(15)20-14-6-5-13-17-7-8-19(13)18-14/h1-8,12,15H,9,16H2/t12-,15+/m0/s1. The Morgan fingerprint density at radius 2 is 2.10 bits per heavy atom. The zero-order valence-electron chi connectivity index (χ0n) is 10.8. The summed E-state index contributed by atoms with van der Waals surface area (Å²) in [5.41, 5.74) is 9.49. The topological polar surface area (TPSA) is 65.4 Å². The molecule has 5 nitrogen and oxygen atoms in total. The third-order valence-corrected chi connectivity index (χ3v) is 3.74. The Kier molecular flexibility index (Phi) is 2.47. The van der Waals surface area contributed by atoms with E-state index in [4.69, 9.17) is 10.5 Å². The quantitative estimate of drug-likeness (QED) is 0.767. The number of ether oxygens (including phenoxy) is 1. The largest absolute Gasteiger partial charge is 0.471 e. The van der Waals surface area contributed by atoms with Gasteiger partial charge >= 0.3 is 0 Å². The fraction of sp³-hybridized carbons (Fsp3) is 0.200. The summed E-state index contributed by atoms with van der Waals surface area (Å²) in [4.78, 5) is 4.16. The van der Waals surface area contributed by atoms with E-state index in [2.05, 4.69) is 22.2 Å². The number of imidazole rings is 1. The summed E-state index contributed by atoms with van der Waals surface area (Å²) in [5, 5.41) is 4.37. The summed E-state index contributed by atoms with van der Waals surface area (Å²) in [7, 11) is 0. The second-order valence-electron chi connectivity index (χ2n) is 4.99. The third-order valence-electron chi connectivity index (χ3n) is 3.74.